The van der Waals surface area contributed by atoms with Crippen molar-refractivity contribution in [1.82, 2.24) is 0 Å². The maximum atomic E-state index is 13.3. The highest BCUT2D eigenvalue weighted by Gasteiger charge is 2.56. The SMILES string of the molecule is C[C@@]12CCC(=O)C([Si](C)(C)C)=C1c1cccc3c1[C@@](O)(C[C@@H]1CCC(=O)C([Si](C)(C)C)=C31)C2. The van der Waals surface area contributed by atoms with Crippen molar-refractivity contribution < 1.29 is 14.7 Å². The van der Waals surface area contributed by atoms with Crippen molar-refractivity contribution in [1.29, 1.82) is 0 Å². The number of carbonyl (C=O) groups excluding carboxylic acids is 2. The van der Waals surface area contributed by atoms with E-state index in [0.717, 1.165) is 39.9 Å². The highest BCUT2D eigenvalue weighted by Crippen LogP contribution is 2.63. The first-order valence-corrected chi connectivity index (χ1v) is 19.6. The van der Waals surface area contributed by atoms with Crippen LogP contribution >= 0.6 is 0 Å². The van der Waals surface area contributed by atoms with E-state index in [1.165, 1.54) is 11.1 Å². The van der Waals surface area contributed by atoms with Gasteiger partial charge in [0, 0.05) is 12.8 Å². The highest BCUT2D eigenvalue weighted by atomic mass is 28.3. The number of hydrogen-bond donors (Lipinski definition) is 1. The van der Waals surface area contributed by atoms with E-state index in [1.54, 1.807) is 0 Å². The summed E-state index contributed by atoms with van der Waals surface area (Å²) in [5.41, 5.74) is 4.57. The van der Waals surface area contributed by atoms with Crippen LogP contribution in [0.2, 0.25) is 39.3 Å². The summed E-state index contributed by atoms with van der Waals surface area (Å²) in [6.07, 6.45) is 4.23. The van der Waals surface area contributed by atoms with Crippen molar-refractivity contribution in [2.75, 3.05) is 0 Å². The van der Waals surface area contributed by atoms with Crippen LogP contribution in [0.4, 0.5) is 0 Å². The fraction of sp³-hybridized carbons (Fsp3) is 0.571. The van der Waals surface area contributed by atoms with Crippen LogP contribution in [0.1, 0.15) is 62.1 Å². The monoisotopic (exact) mass is 478 g/mol. The molecule has 0 amide bonds. The van der Waals surface area contributed by atoms with Crippen LogP contribution in [0, 0.1) is 11.3 Å². The number of benzene rings is 1. The zero-order valence-corrected chi connectivity index (χ0v) is 23.3. The molecule has 5 rings (SSSR count). The number of allylic oxidation sites excluding steroid dienone is 4. The zero-order chi connectivity index (χ0) is 24.1. The van der Waals surface area contributed by atoms with Crippen molar-refractivity contribution >= 4 is 38.9 Å². The lowest BCUT2D eigenvalue weighted by atomic mass is 9.54. The molecule has 0 heterocycles. The summed E-state index contributed by atoms with van der Waals surface area (Å²) in [6, 6.07) is 6.39. The number of rotatable bonds is 2. The van der Waals surface area contributed by atoms with Gasteiger partial charge in [-0.2, -0.15) is 0 Å². The Kier molecular flexibility index (Phi) is 4.91. The van der Waals surface area contributed by atoms with Gasteiger partial charge in [-0.1, -0.05) is 64.4 Å². The number of ketones is 2. The Morgan fingerprint density at radius 1 is 0.909 bits per heavy atom. The van der Waals surface area contributed by atoms with Gasteiger partial charge in [0.25, 0.3) is 0 Å². The van der Waals surface area contributed by atoms with Gasteiger partial charge >= 0.3 is 0 Å². The van der Waals surface area contributed by atoms with E-state index in [0.29, 0.717) is 37.2 Å². The van der Waals surface area contributed by atoms with Gasteiger partial charge in [0.1, 0.15) is 0 Å². The third kappa shape index (κ3) is 3.29. The molecule has 0 saturated carbocycles. The smallest absolute Gasteiger partial charge is 0.155 e. The summed E-state index contributed by atoms with van der Waals surface area (Å²) in [6.45, 7) is 15.9. The molecule has 0 saturated heterocycles. The van der Waals surface area contributed by atoms with E-state index in [9.17, 15) is 14.7 Å². The molecule has 176 valence electrons. The van der Waals surface area contributed by atoms with Crippen LogP contribution in [-0.4, -0.2) is 32.8 Å². The minimum absolute atomic E-state index is 0.183. The largest absolute Gasteiger partial charge is 0.385 e. The molecule has 0 unspecified atom stereocenters. The van der Waals surface area contributed by atoms with Crippen LogP contribution in [-0.2, 0) is 15.2 Å². The van der Waals surface area contributed by atoms with Crippen molar-refractivity contribution in [3.63, 3.8) is 0 Å². The molecule has 0 bridgehead atoms. The van der Waals surface area contributed by atoms with E-state index >= 15 is 0 Å². The van der Waals surface area contributed by atoms with Crippen LogP contribution in [0.5, 0.6) is 0 Å². The van der Waals surface area contributed by atoms with Crippen molar-refractivity contribution in [2.24, 2.45) is 11.3 Å². The Labute approximate surface area is 200 Å². The molecule has 4 aliphatic carbocycles. The summed E-state index contributed by atoms with van der Waals surface area (Å²) in [7, 11) is -3.77. The van der Waals surface area contributed by atoms with Crippen LogP contribution in [0.3, 0.4) is 0 Å². The van der Waals surface area contributed by atoms with E-state index in [2.05, 4.69) is 64.4 Å². The second-order valence-electron chi connectivity index (χ2n) is 13.3. The quantitative estimate of drug-likeness (QED) is 0.508. The molecule has 0 radical (unpaired) electrons. The van der Waals surface area contributed by atoms with Crippen LogP contribution in [0.25, 0.3) is 11.1 Å². The summed E-state index contributed by atoms with van der Waals surface area (Å²) in [5.74, 6) is 0.875. The minimum atomic E-state index is -1.90. The Morgan fingerprint density at radius 3 is 2.15 bits per heavy atom. The lowest BCUT2D eigenvalue weighted by Gasteiger charge is -2.54. The average molecular weight is 479 g/mol. The lowest BCUT2D eigenvalue weighted by Crippen LogP contribution is -2.49. The molecular formula is C28H38O3Si2. The van der Waals surface area contributed by atoms with Gasteiger partial charge in [-0.15, -0.1) is 0 Å². The summed E-state index contributed by atoms with van der Waals surface area (Å²) in [4.78, 5) is 26.5. The number of carbonyl (C=O) groups is 2. The van der Waals surface area contributed by atoms with Crippen molar-refractivity contribution in [3.05, 3.63) is 45.3 Å². The van der Waals surface area contributed by atoms with Crippen molar-refractivity contribution in [3.8, 4) is 0 Å². The molecule has 0 aliphatic heterocycles. The number of aliphatic hydroxyl groups is 1. The van der Waals surface area contributed by atoms with E-state index in [1.807, 2.05) is 0 Å². The Bertz CT molecular complexity index is 1160. The molecule has 0 aromatic heterocycles. The first kappa shape index (κ1) is 23.2. The van der Waals surface area contributed by atoms with Gasteiger partial charge in [0.2, 0.25) is 0 Å². The standard InChI is InChI=1S/C28H38O3Si2/c1-27-14-13-21(30)26(33(5,6)7)24(27)19-10-8-9-18-22-17(15-28(31,16-27)23(18)19)11-12-20(29)25(22)32(2,3)4/h8-10,17,31H,11-16H2,1-7H3/t17-,27-,28+/m0/s1. The summed E-state index contributed by atoms with van der Waals surface area (Å²) >= 11 is 0. The molecule has 1 aromatic rings. The minimum Gasteiger partial charge on any atom is -0.385 e. The molecule has 1 aromatic carbocycles. The van der Waals surface area contributed by atoms with E-state index in [-0.39, 0.29) is 11.3 Å². The second-order valence-corrected chi connectivity index (χ2v) is 23.3. The fourth-order valence-corrected chi connectivity index (χ4v) is 11.9. The Balaban J connectivity index is 1.90. The topological polar surface area (TPSA) is 54.4 Å². The summed E-state index contributed by atoms with van der Waals surface area (Å²) < 4.78 is 0. The second kappa shape index (κ2) is 6.99. The maximum Gasteiger partial charge on any atom is 0.155 e. The summed E-state index contributed by atoms with van der Waals surface area (Å²) in [5, 5.41) is 14.5. The van der Waals surface area contributed by atoms with Crippen molar-refractivity contribution in [2.45, 2.75) is 90.3 Å². The average Bonchev–Trinajstić information content (AvgIpc) is 2.67. The predicted octanol–water partition coefficient (Wildman–Crippen LogP) is 6.29. The number of fused-ring (bicyclic) bond motifs is 4. The Morgan fingerprint density at radius 2 is 1.52 bits per heavy atom. The van der Waals surface area contributed by atoms with Gasteiger partial charge in [0.05, 0.1) is 21.7 Å². The van der Waals surface area contributed by atoms with Crippen LogP contribution in [0.15, 0.2) is 28.6 Å². The van der Waals surface area contributed by atoms with Gasteiger partial charge in [-0.25, -0.2) is 0 Å². The van der Waals surface area contributed by atoms with Gasteiger partial charge in [-0.05, 0) is 75.2 Å². The fourth-order valence-electron chi connectivity index (χ4n) is 7.62. The van der Waals surface area contributed by atoms with Gasteiger partial charge in [-0.3, -0.25) is 9.59 Å². The van der Waals surface area contributed by atoms with Gasteiger partial charge < -0.3 is 5.11 Å². The molecule has 0 spiro atoms. The predicted molar refractivity (Wildman–Crippen MR) is 140 cm³/mol. The lowest BCUT2D eigenvalue weighted by molar-refractivity contribution is -0.116. The van der Waals surface area contributed by atoms with Gasteiger partial charge in [0.15, 0.2) is 11.6 Å². The first-order valence-electron chi connectivity index (χ1n) is 12.6. The Hall–Kier alpha value is -1.57. The molecule has 0 fully saturated rings. The number of hydrogen-bond acceptors (Lipinski definition) is 3. The maximum absolute atomic E-state index is 13.3. The molecule has 1 N–H and O–H groups in total. The zero-order valence-electron chi connectivity index (χ0n) is 21.3. The van der Waals surface area contributed by atoms with E-state index < -0.39 is 21.7 Å². The third-order valence-corrected chi connectivity index (χ3v) is 12.6. The van der Waals surface area contributed by atoms with E-state index in [4.69, 9.17) is 0 Å². The molecule has 5 heteroatoms. The third-order valence-electron chi connectivity index (χ3n) is 8.57. The molecule has 4 aliphatic rings. The molecule has 3 nitrogen and oxygen atoms in total. The molecule has 33 heavy (non-hydrogen) atoms. The number of Topliss-reactive ketones (excluding diaryl/α,β-unsaturated/α-hetero) is 2. The highest BCUT2D eigenvalue weighted by molar-refractivity contribution is 6.89. The first-order chi connectivity index (χ1) is 15.2. The normalized spacial score (nSPS) is 31.9. The molecular weight excluding hydrogens is 440 g/mol. The molecule has 3 atom stereocenters. The van der Waals surface area contributed by atoms with Crippen LogP contribution < -0.4 is 0 Å².